The van der Waals surface area contributed by atoms with Crippen LogP contribution in [-0.4, -0.2) is 74.9 Å². The second-order valence-electron chi connectivity index (χ2n) is 7.25. The van der Waals surface area contributed by atoms with Crippen LogP contribution in [0.15, 0.2) is 18.2 Å². The molecule has 0 radical (unpaired) electrons. The van der Waals surface area contributed by atoms with E-state index in [4.69, 9.17) is 4.74 Å². The van der Waals surface area contributed by atoms with E-state index in [-0.39, 0.29) is 24.8 Å². The van der Waals surface area contributed by atoms with Gasteiger partial charge in [-0.15, -0.1) is 24.8 Å². The average molecular weight is 414 g/mol. The van der Waals surface area contributed by atoms with Gasteiger partial charge in [0.1, 0.15) is 0 Å². The maximum atomic E-state index is 5.37. The van der Waals surface area contributed by atoms with Gasteiger partial charge in [0.15, 0.2) is 0 Å². The van der Waals surface area contributed by atoms with E-state index in [1.54, 1.807) is 0 Å². The predicted molar refractivity (Wildman–Crippen MR) is 117 cm³/mol. The van der Waals surface area contributed by atoms with Crippen molar-refractivity contribution < 1.29 is 4.74 Å². The van der Waals surface area contributed by atoms with Crippen LogP contribution in [0.4, 0.5) is 0 Å². The highest BCUT2D eigenvalue weighted by Crippen LogP contribution is 2.13. The third-order valence-corrected chi connectivity index (χ3v) is 5.23. The van der Waals surface area contributed by atoms with Gasteiger partial charge in [-0.05, 0) is 37.0 Å². The maximum absolute atomic E-state index is 5.37. The van der Waals surface area contributed by atoms with E-state index in [0.717, 1.165) is 65.4 Å². The molecule has 1 atom stereocenters. The molecule has 1 N–H and O–H groups in total. The number of nitrogens with one attached hydrogen (secondary N) is 1. The average Bonchev–Trinajstić information content (AvgIpc) is 2.63. The zero-order valence-corrected chi connectivity index (χ0v) is 18.1. The summed E-state index contributed by atoms with van der Waals surface area (Å²) in [6, 6.07) is 7.36. The van der Waals surface area contributed by atoms with Gasteiger partial charge in [0, 0.05) is 38.8 Å². The number of nitrogens with zero attached hydrogens (tertiary/aromatic N) is 2. The van der Waals surface area contributed by atoms with Gasteiger partial charge in [-0.25, -0.2) is 0 Å². The third-order valence-electron chi connectivity index (χ3n) is 5.23. The highest BCUT2D eigenvalue weighted by atomic mass is 35.5. The zero-order valence-electron chi connectivity index (χ0n) is 16.5. The van der Waals surface area contributed by atoms with Crippen LogP contribution in [0.2, 0.25) is 0 Å². The molecule has 6 heteroatoms. The van der Waals surface area contributed by atoms with Crippen LogP contribution in [0.5, 0.6) is 0 Å². The Morgan fingerprint density at radius 1 is 1.00 bits per heavy atom. The quantitative estimate of drug-likeness (QED) is 0.766. The van der Waals surface area contributed by atoms with Crippen molar-refractivity contribution in [1.82, 2.24) is 15.1 Å². The molecule has 4 nitrogen and oxygen atoms in total. The summed E-state index contributed by atoms with van der Waals surface area (Å²) in [4.78, 5) is 4.85. The number of morpholine rings is 1. The van der Waals surface area contributed by atoms with Gasteiger partial charge in [-0.2, -0.15) is 0 Å². The Hall–Kier alpha value is -0.800. The molecule has 1 unspecified atom stereocenters. The van der Waals surface area contributed by atoms with Crippen LogP contribution in [0.3, 0.4) is 0 Å². The Labute approximate surface area is 176 Å². The minimum absolute atomic E-state index is 0. The summed E-state index contributed by atoms with van der Waals surface area (Å²) in [5.41, 5.74) is 4.19. The monoisotopic (exact) mass is 413 g/mol. The molecule has 1 aromatic rings. The summed E-state index contributed by atoms with van der Waals surface area (Å²) >= 11 is 0. The molecule has 0 aliphatic carbocycles. The van der Waals surface area contributed by atoms with Gasteiger partial charge in [-0.3, -0.25) is 9.80 Å². The van der Waals surface area contributed by atoms with E-state index in [1.165, 1.54) is 16.7 Å². The van der Waals surface area contributed by atoms with Crippen molar-refractivity contribution in [3.63, 3.8) is 0 Å². The van der Waals surface area contributed by atoms with E-state index < -0.39 is 0 Å². The highest BCUT2D eigenvalue weighted by molar-refractivity contribution is 5.85. The summed E-state index contributed by atoms with van der Waals surface area (Å²) in [5.74, 6) is 6.71. The fraction of sp³-hybridized carbons (Fsp3) is 0.619. The molecule has 2 aliphatic heterocycles. The molecular weight excluding hydrogens is 381 g/mol. The molecule has 1 aromatic carbocycles. The first-order valence-electron chi connectivity index (χ1n) is 9.48. The molecule has 152 valence electrons. The lowest BCUT2D eigenvalue weighted by atomic mass is 10.00. The number of rotatable bonds is 4. The summed E-state index contributed by atoms with van der Waals surface area (Å²) in [7, 11) is 0. The summed E-state index contributed by atoms with van der Waals surface area (Å²) in [6.45, 7) is 13.1. The minimum atomic E-state index is 0. The van der Waals surface area contributed by atoms with Gasteiger partial charge >= 0.3 is 0 Å². The Morgan fingerprint density at radius 2 is 1.70 bits per heavy atom. The number of hydrogen-bond donors (Lipinski definition) is 1. The first-order valence-corrected chi connectivity index (χ1v) is 9.48. The number of hydrogen-bond acceptors (Lipinski definition) is 4. The molecule has 3 rings (SSSR count). The van der Waals surface area contributed by atoms with Crippen LogP contribution in [0.1, 0.15) is 16.7 Å². The van der Waals surface area contributed by atoms with E-state index in [2.05, 4.69) is 59.0 Å². The topological polar surface area (TPSA) is 27.7 Å². The van der Waals surface area contributed by atoms with Crippen LogP contribution < -0.4 is 5.32 Å². The van der Waals surface area contributed by atoms with Gasteiger partial charge in [0.2, 0.25) is 0 Å². The van der Waals surface area contributed by atoms with Crippen molar-refractivity contribution in [2.24, 2.45) is 0 Å². The van der Waals surface area contributed by atoms with Crippen LogP contribution in [0, 0.1) is 25.7 Å². The van der Waals surface area contributed by atoms with Gasteiger partial charge in [0.25, 0.3) is 0 Å². The smallest absolute Gasteiger partial charge is 0.0603 e. The van der Waals surface area contributed by atoms with Crippen molar-refractivity contribution in [3.8, 4) is 11.8 Å². The number of ether oxygens (including phenoxy) is 1. The lowest BCUT2D eigenvalue weighted by molar-refractivity contribution is 0.0443. The van der Waals surface area contributed by atoms with Crippen LogP contribution in [-0.2, 0) is 11.2 Å². The van der Waals surface area contributed by atoms with E-state index in [0.29, 0.717) is 6.04 Å². The lowest BCUT2D eigenvalue weighted by Crippen LogP contribution is -2.51. The molecule has 0 aromatic heterocycles. The molecule has 0 saturated carbocycles. The van der Waals surface area contributed by atoms with E-state index >= 15 is 0 Å². The number of piperazine rings is 1. The summed E-state index contributed by atoms with van der Waals surface area (Å²) < 4.78 is 5.37. The lowest BCUT2D eigenvalue weighted by Gasteiger charge is -2.32. The van der Waals surface area contributed by atoms with Gasteiger partial charge < -0.3 is 10.1 Å². The Bertz CT molecular complexity index is 624. The Morgan fingerprint density at radius 3 is 2.41 bits per heavy atom. The highest BCUT2D eigenvalue weighted by Gasteiger charge is 2.18. The molecule has 27 heavy (non-hydrogen) atoms. The second-order valence-corrected chi connectivity index (χ2v) is 7.25. The predicted octanol–water partition coefficient (Wildman–Crippen LogP) is 2.30. The second kappa shape index (κ2) is 12.6. The Balaban J connectivity index is 0.00000182. The third kappa shape index (κ3) is 7.99. The molecule has 0 bridgehead atoms. The molecule has 2 heterocycles. The molecule has 0 amide bonds. The number of benzene rings is 1. The molecule has 2 fully saturated rings. The van der Waals surface area contributed by atoms with E-state index in [9.17, 15) is 0 Å². The molecule has 2 saturated heterocycles. The van der Waals surface area contributed by atoms with Gasteiger partial charge in [-0.1, -0.05) is 30.0 Å². The zero-order chi connectivity index (χ0) is 17.5. The largest absolute Gasteiger partial charge is 0.379 e. The van der Waals surface area contributed by atoms with Crippen molar-refractivity contribution in [2.45, 2.75) is 26.3 Å². The fourth-order valence-corrected chi connectivity index (χ4v) is 3.48. The minimum Gasteiger partial charge on any atom is -0.379 e. The first kappa shape index (κ1) is 24.2. The van der Waals surface area contributed by atoms with Crippen LogP contribution in [0.25, 0.3) is 0 Å². The van der Waals surface area contributed by atoms with Gasteiger partial charge in [0.05, 0.1) is 26.3 Å². The molecule has 0 spiro atoms. The SMILES string of the molecule is Cc1ccc(CC2CN(CC#CCN3CCOCC3)CCN2)cc1C.Cl.Cl. The Kier molecular flexibility index (Phi) is 11.3. The number of halogens is 2. The van der Waals surface area contributed by atoms with Crippen molar-refractivity contribution >= 4 is 24.8 Å². The summed E-state index contributed by atoms with van der Waals surface area (Å²) in [6.07, 6.45) is 1.10. The molecular formula is C21H33Cl2N3O. The molecule has 2 aliphatic rings. The van der Waals surface area contributed by atoms with Crippen molar-refractivity contribution in [1.29, 1.82) is 0 Å². The normalized spacial score (nSPS) is 20.7. The van der Waals surface area contributed by atoms with Crippen molar-refractivity contribution in [2.75, 3.05) is 59.0 Å². The first-order chi connectivity index (χ1) is 12.2. The number of aryl methyl sites for hydroxylation is 2. The fourth-order valence-electron chi connectivity index (χ4n) is 3.48. The van der Waals surface area contributed by atoms with E-state index in [1.807, 2.05) is 0 Å². The van der Waals surface area contributed by atoms with Crippen molar-refractivity contribution in [3.05, 3.63) is 34.9 Å². The van der Waals surface area contributed by atoms with Crippen LogP contribution >= 0.6 is 24.8 Å². The maximum Gasteiger partial charge on any atom is 0.0603 e. The standard InChI is InChI=1S/C21H31N3O.2ClH/c1-18-5-6-20(15-19(18)2)16-21-17-24(10-7-22-21)9-4-3-8-23-11-13-25-14-12-23;;/h5-6,15,21-22H,7-14,16-17H2,1-2H3;2*1H. The summed E-state index contributed by atoms with van der Waals surface area (Å²) in [5, 5.41) is 3.66.